The normalized spacial score (nSPS) is 18.3. The lowest BCUT2D eigenvalue weighted by Gasteiger charge is -2.34. The van der Waals surface area contributed by atoms with Gasteiger partial charge in [-0.05, 0) is 35.4 Å². The van der Waals surface area contributed by atoms with Crippen molar-refractivity contribution in [2.45, 2.75) is 36.9 Å². The monoisotopic (exact) mass is 416 g/mol. The topological polar surface area (TPSA) is 76.4 Å². The quantitative estimate of drug-likeness (QED) is 0.610. The number of carbonyl (C=O) groups excluding carboxylic acids is 1. The Morgan fingerprint density at radius 2 is 1.86 bits per heavy atom. The largest absolute Gasteiger partial charge is 0.492 e. The summed E-state index contributed by atoms with van der Waals surface area (Å²) < 4.78 is 7.68. The van der Waals surface area contributed by atoms with Gasteiger partial charge in [-0.25, -0.2) is 4.68 Å². The van der Waals surface area contributed by atoms with Crippen molar-refractivity contribution in [3.63, 3.8) is 0 Å². The van der Waals surface area contributed by atoms with E-state index in [-0.39, 0.29) is 5.91 Å². The molecule has 1 aliphatic heterocycles. The van der Waals surface area contributed by atoms with E-state index in [9.17, 15) is 4.79 Å². The fraction of sp³-hybridized carbons (Fsp3) is 0.600. The highest BCUT2D eigenvalue weighted by Crippen LogP contribution is 2.31. The highest BCUT2D eigenvalue weighted by atomic mass is 32.2. The molecule has 1 aliphatic carbocycles. The minimum Gasteiger partial charge on any atom is -0.492 e. The number of thioether (sulfide) groups is 1. The number of aromatic nitrogens is 4. The Bertz CT molecular complexity index is 772. The molecule has 0 radical (unpaired) electrons. The summed E-state index contributed by atoms with van der Waals surface area (Å²) in [7, 11) is 0. The Labute approximate surface area is 175 Å². The standard InChI is InChI=1S/C20H28N6O2S/c27-19(16-29-20-21-22-23-26(20)17-6-4-5-7-17)25-12-10-24(11-13-25)14-15-28-18-8-2-1-3-9-18/h1-3,8-9,17H,4-7,10-16H2. The third-order valence-corrected chi connectivity index (χ3v) is 6.52. The van der Waals surface area contributed by atoms with Gasteiger partial charge < -0.3 is 9.64 Å². The summed E-state index contributed by atoms with van der Waals surface area (Å²) in [6, 6.07) is 10.3. The highest BCUT2D eigenvalue weighted by Gasteiger charge is 2.24. The number of ether oxygens (including phenoxy) is 1. The molecule has 2 heterocycles. The van der Waals surface area contributed by atoms with Gasteiger partial charge in [0, 0.05) is 32.7 Å². The van der Waals surface area contributed by atoms with Gasteiger partial charge in [-0.3, -0.25) is 9.69 Å². The summed E-state index contributed by atoms with van der Waals surface area (Å²) in [5, 5.41) is 12.8. The van der Waals surface area contributed by atoms with Crippen LogP contribution in [-0.4, -0.2) is 81.0 Å². The molecule has 0 unspecified atom stereocenters. The van der Waals surface area contributed by atoms with Crippen molar-refractivity contribution in [1.29, 1.82) is 0 Å². The van der Waals surface area contributed by atoms with Crippen LogP contribution in [0.1, 0.15) is 31.7 Å². The fourth-order valence-corrected chi connectivity index (χ4v) is 4.75. The number of rotatable bonds is 8. The first-order valence-electron chi connectivity index (χ1n) is 10.4. The minimum atomic E-state index is 0.163. The van der Waals surface area contributed by atoms with Gasteiger partial charge in [0.2, 0.25) is 11.1 Å². The first-order chi connectivity index (χ1) is 14.3. The van der Waals surface area contributed by atoms with E-state index in [0.717, 1.165) is 56.5 Å². The molecule has 1 saturated carbocycles. The van der Waals surface area contributed by atoms with Gasteiger partial charge in [0.15, 0.2) is 0 Å². The average molecular weight is 417 g/mol. The van der Waals surface area contributed by atoms with E-state index in [4.69, 9.17) is 4.74 Å². The van der Waals surface area contributed by atoms with E-state index in [1.165, 1.54) is 24.6 Å². The molecule has 8 nitrogen and oxygen atoms in total. The molecule has 2 fully saturated rings. The van der Waals surface area contributed by atoms with E-state index in [1.54, 1.807) is 0 Å². The molecule has 156 valence electrons. The van der Waals surface area contributed by atoms with Crippen molar-refractivity contribution in [2.75, 3.05) is 45.1 Å². The molecule has 1 saturated heterocycles. The van der Waals surface area contributed by atoms with Gasteiger partial charge in [0.1, 0.15) is 12.4 Å². The number of nitrogens with zero attached hydrogens (tertiary/aromatic N) is 6. The van der Waals surface area contributed by atoms with Crippen LogP contribution < -0.4 is 4.74 Å². The van der Waals surface area contributed by atoms with Crippen molar-refractivity contribution in [1.82, 2.24) is 30.0 Å². The molecule has 0 spiro atoms. The molecule has 0 atom stereocenters. The first-order valence-corrected chi connectivity index (χ1v) is 11.4. The minimum absolute atomic E-state index is 0.163. The van der Waals surface area contributed by atoms with Crippen molar-refractivity contribution >= 4 is 17.7 Å². The lowest BCUT2D eigenvalue weighted by Crippen LogP contribution is -2.50. The predicted molar refractivity (Wildman–Crippen MR) is 111 cm³/mol. The third-order valence-electron chi connectivity index (χ3n) is 5.60. The number of amides is 1. The van der Waals surface area contributed by atoms with Gasteiger partial charge in [-0.2, -0.15) is 0 Å². The summed E-state index contributed by atoms with van der Waals surface area (Å²) in [6.45, 7) is 4.83. The molecule has 0 N–H and O–H groups in total. The zero-order valence-electron chi connectivity index (χ0n) is 16.7. The SMILES string of the molecule is O=C(CSc1nnnn1C1CCCC1)N1CCN(CCOc2ccccc2)CC1. The second kappa shape index (κ2) is 10.1. The zero-order valence-corrected chi connectivity index (χ0v) is 17.5. The smallest absolute Gasteiger partial charge is 0.233 e. The van der Waals surface area contributed by atoms with Crippen LogP contribution in [0, 0.1) is 0 Å². The number of tetrazole rings is 1. The molecular weight excluding hydrogens is 388 g/mol. The molecular formula is C20H28N6O2S. The second-order valence-electron chi connectivity index (χ2n) is 7.52. The molecule has 4 rings (SSSR count). The highest BCUT2D eigenvalue weighted by molar-refractivity contribution is 7.99. The summed E-state index contributed by atoms with van der Waals surface area (Å²) in [5.41, 5.74) is 0. The van der Waals surface area contributed by atoms with E-state index >= 15 is 0 Å². The van der Waals surface area contributed by atoms with Crippen LogP contribution in [0.25, 0.3) is 0 Å². The lowest BCUT2D eigenvalue weighted by molar-refractivity contribution is -0.130. The predicted octanol–water partition coefficient (Wildman–Crippen LogP) is 2.10. The molecule has 1 aromatic heterocycles. The Balaban J connectivity index is 1.16. The molecule has 2 aliphatic rings. The molecule has 1 amide bonds. The van der Waals surface area contributed by atoms with Crippen LogP contribution in [0.3, 0.4) is 0 Å². The molecule has 0 bridgehead atoms. The van der Waals surface area contributed by atoms with Gasteiger partial charge in [-0.15, -0.1) is 5.10 Å². The number of carbonyl (C=O) groups is 1. The van der Waals surface area contributed by atoms with E-state index in [2.05, 4.69) is 20.4 Å². The Morgan fingerprint density at radius 3 is 2.62 bits per heavy atom. The van der Waals surface area contributed by atoms with Crippen LogP contribution in [0.15, 0.2) is 35.5 Å². The first kappa shape index (κ1) is 20.2. The van der Waals surface area contributed by atoms with Crippen LogP contribution in [0.2, 0.25) is 0 Å². The van der Waals surface area contributed by atoms with Crippen LogP contribution in [0.4, 0.5) is 0 Å². The van der Waals surface area contributed by atoms with Crippen LogP contribution in [-0.2, 0) is 4.79 Å². The number of piperazine rings is 1. The average Bonchev–Trinajstić information content (AvgIpc) is 3.45. The summed E-state index contributed by atoms with van der Waals surface area (Å²) in [4.78, 5) is 16.9. The van der Waals surface area contributed by atoms with Crippen molar-refractivity contribution in [2.24, 2.45) is 0 Å². The molecule has 29 heavy (non-hydrogen) atoms. The van der Waals surface area contributed by atoms with Crippen molar-refractivity contribution in [3.05, 3.63) is 30.3 Å². The maximum atomic E-state index is 12.6. The molecule has 9 heteroatoms. The Hall–Kier alpha value is -2.13. The summed E-state index contributed by atoms with van der Waals surface area (Å²) in [6.07, 6.45) is 4.72. The van der Waals surface area contributed by atoms with Gasteiger partial charge in [0.25, 0.3) is 0 Å². The summed E-state index contributed by atoms with van der Waals surface area (Å²) >= 11 is 1.46. The number of benzene rings is 1. The van der Waals surface area contributed by atoms with Crippen LogP contribution in [0.5, 0.6) is 5.75 Å². The van der Waals surface area contributed by atoms with Crippen molar-refractivity contribution in [3.8, 4) is 5.75 Å². The number of hydrogen-bond acceptors (Lipinski definition) is 7. The number of hydrogen-bond donors (Lipinski definition) is 0. The van der Waals surface area contributed by atoms with Crippen molar-refractivity contribution < 1.29 is 9.53 Å². The maximum Gasteiger partial charge on any atom is 0.233 e. The van der Waals surface area contributed by atoms with E-state index in [1.807, 2.05) is 39.9 Å². The lowest BCUT2D eigenvalue weighted by atomic mass is 10.3. The van der Waals surface area contributed by atoms with Gasteiger partial charge >= 0.3 is 0 Å². The zero-order chi connectivity index (χ0) is 19.9. The van der Waals surface area contributed by atoms with Gasteiger partial charge in [-0.1, -0.05) is 42.8 Å². The second-order valence-corrected chi connectivity index (χ2v) is 8.46. The third kappa shape index (κ3) is 5.48. The van der Waals surface area contributed by atoms with E-state index in [0.29, 0.717) is 18.4 Å². The summed E-state index contributed by atoms with van der Waals surface area (Å²) in [5.74, 6) is 1.46. The Kier molecular flexibility index (Phi) is 7.00. The Morgan fingerprint density at radius 1 is 1.10 bits per heavy atom. The fourth-order valence-electron chi connectivity index (χ4n) is 3.91. The van der Waals surface area contributed by atoms with Crippen LogP contribution >= 0.6 is 11.8 Å². The van der Waals surface area contributed by atoms with E-state index < -0.39 is 0 Å². The van der Waals surface area contributed by atoms with Gasteiger partial charge in [0.05, 0.1) is 11.8 Å². The molecule has 2 aromatic rings. The number of para-hydroxylation sites is 1. The molecule has 1 aromatic carbocycles. The maximum absolute atomic E-state index is 12.6.